The van der Waals surface area contributed by atoms with Crippen LogP contribution in [0.15, 0.2) is 23.2 Å². The second-order valence-electron chi connectivity index (χ2n) is 9.54. The first-order valence-corrected chi connectivity index (χ1v) is 12.7. The third-order valence-corrected chi connectivity index (χ3v) is 7.19. The molecule has 2 aliphatic rings. The van der Waals surface area contributed by atoms with Gasteiger partial charge in [0.05, 0.1) is 17.8 Å². The monoisotopic (exact) mass is 485 g/mol. The molecule has 2 atom stereocenters. The van der Waals surface area contributed by atoms with Gasteiger partial charge in [0.2, 0.25) is 0 Å². The van der Waals surface area contributed by atoms with E-state index < -0.39 is 18.2 Å². The number of aliphatic imine (C=N–C) groups is 1. The fourth-order valence-corrected chi connectivity index (χ4v) is 5.51. The number of carbonyl (C=O) groups is 1. The number of alkyl halides is 3. The zero-order valence-corrected chi connectivity index (χ0v) is 20.3. The number of halogens is 3. The number of carboxylic acids is 1. The Morgan fingerprint density at radius 1 is 1.24 bits per heavy atom. The van der Waals surface area contributed by atoms with Gasteiger partial charge in [-0.05, 0) is 42.4 Å². The summed E-state index contributed by atoms with van der Waals surface area (Å²) in [6, 6.07) is 4.52. The van der Waals surface area contributed by atoms with Crippen molar-refractivity contribution in [3.63, 3.8) is 0 Å². The Bertz CT molecular complexity index is 854. The van der Waals surface area contributed by atoms with Crippen molar-refractivity contribution in [1.29, 1.82) is 0 Å². The standard InChI is InChI=1S/C24H34F3N3O2S/c1-15(2)13-30(18-7-5-4-6-8-18)20-10-9-17(16(3)11-22(31)32)12-19(20)28-23-29-21(14-33-23)24(25,26)27/h9-10,12,15-16,18,21H,4-8,11,13-14H2,1-3H3,(H,28,29)(H,31,32)/t16?,21-/m0/s1. The number of hydrogen-bond acceptors (Lipinski definition) is 5. The number of rotatable bonds is 8. The molecule has 1 heterocycles. The van der Waals surface area contributed by atoms with Crippen LogP contribution < -0.4 is 10.2 Å². The maximum atomic E-state index is 13.1. The highest BCUT2D eigenvalue weighted by molar-refractivity contribution is 8.14. The summed E-state index contributed by atoms with van der Waals surface area (Å²) in [5.41, 5.74) is 2.48. The largest absolute Gasteiger partial charge is 0.481 e. The van der Waals surface area contributed by atoms with Crippen LogP contribution in [0.25, 0.3) is 0 Å². The first-order valence-electron chi connectivity index (χ1n) is 11.7. The van der Waals surface area contributed by atoms with Crippen molar-refractivity contribution in [2.75, 3.05) is 22.5 Å². The molecular formula is C24H34F3N3O2S. The molecule has 1 aliphatic carbocycles. The molecule has 0 radical (unpaired) electrons. The molecule has 0 saturated heterocycles. The van der Waals surface area contributed by atoms with E-state index in [1.807, 2.05) is 25.1 Å². The van der Waals surface area contributed by atoms with Gasteiger partial charge in [0.25, 0.3) is 0 Å². The zero-order chi connectivity index (χ0) is 24.2. The fraction of sp³-hybridized carbons (Fsp3) is 0.667. The lowest BCUT2D eigenvalue weighted by molar-refractivity contribution is -0.141. The van der Waals surface area contributed by atoms with Gasteiger partial charge in [-0.1, -0.05) is 57.9 Å². The Kier molecular flexibility index (Phi) is 8.59. The lowest BCUT2D eigenvalue weighted by Crippen LogP contribution is -2.39. The number of anilines is 2. The van der Waals surface area contributed by atoms with E-state index in [-0.39, 0.29) is 23.3 Å². The molecule has 0 bridgehead atoms. The van der Waals surface area contributed by atoms with Crippen LogP contribution in [0.4, 0.5) is 24.5 Å². The summed E-state index contributed by atoms with van der Waals surface area (Å²) in [6.45, 7) is 7.02. The summed E-state index contributed by atoms with van der Waals surface area (Å²) >= 11 is 1.07. The van der Waals surface area contributed by atoms with Gasteiger partial charge in [-0.3, -0.25) is 4.79 Å². The molecule has 184 valence electrons. The van der Waals surface area contributed by atoms with Crippen molar-refractivity contribution in [2.45, 2.75) is 83.5 Å². The molecule has 3 rings (SSSR count). The molecule has 1 aromatic rings. The van der Waals surface area contributed by atoms with E-state index >= 15 is 0 Å². The molecule has 1 aliphatic heterocycles. The van der Waals surface area contributed by atoms with Crippen LogP contribution in [-0.4, -0.2) is 46.8 Å². The number of thioether (sulfide) groups is 1. The van der Waals surface area contributed by atoms with Crippen LogP contribution >= 0.6 is 11.8 Å². The van der Waals surface area contributed by atoms with Crippen LogP contribution in [0.5, 0.6) is 0 Å². The van der Waals surface area contributed by atoms with Crippen molar-refractivity contribution < 1.29 is 23.1 Å². The zero-order valence-electron chi connectivity index (χ0n) is 19.5. The third kappa shape index (κ3) is 7.04. The first-order chi connectivity index (χ1) is 15.5. The van der Waals surface area contributed by atoms with Gasteiger partial charge in [-0.25, -0.2) is 4.99 Å². The van der Waals surface area contributed by atoms with Crippen molar-refractivity contribution in [3.05, 3.63) is 23.8 Å². The van der Waals surface area contributed by atoms with Crippen molar-refractivity contribution in [3.8, 4) is 0 Å². The number of nitrogens with one attached hydrogen (secondary N) is 1. The second-order valence-corrected chi connectivity index (χ2v) is 10.5. The molecule has 0 aromatic heterocycles. The Morgan fingerprint density at radius 2 is 1.94 bits per heavy atom. The van der Waals surface area contributed by atoms with Crippen LogP contribution in [0.3, 0.4) is 0 Å². The van der Waals surface area contributed by atoms with Gasteiger partial charge in [0.1, 0.15) is 0 Å². The van der Waals surface area contributed by atoms with Crippen LogP contribution in [0.1, 0.15) is 70.8 Å². The van der Waals surface area contributed by atoms with Gasteiger partial charge < -0.3 is 15.3 Å². The third-order valence-electron chi connectivity index (χ3n) is 6.23. The highest BCUT2D eigenvalue weighted by Crippen LogP contribution is 2.38. The maximum Gasteiger partial charge on any atom is 0.411 e. The number of carboxylic acid groups (broad SMARTS) is 1. The van der Waals surface area contributed by atoms with Crippen molar-refractivity contribution in [1.82, 2.24) is 0 Å². The Hall–Kier alpha value is -1.90. The summed E-state index contributed by atoms with van der Waals surface area (Å²) in [7, 11) is 0. The van der Waals surface area contributed by atoms with E-state index in [4.69, 9.17) is 0 Å². The molecule has 1 saturated carbocycles. The fourth-order valence-electron chi connectivity index (χ4n) is 4.55. The van der Waals surface area contributed by atoms with Gasteiger partial charge in [-0.2, -0.15) is 13.2 Å². The van der Waals surface area contributed by atoms with Crippen LogP contribution in [0, 0.1) is 5.92 Å². The smallest absolute Gasteiger partial charge is 0.411 e. The number of nitrogens with zero attached hydrogens (tertiary/aromatic N) is 2. The van der Waals surface area contributed by atoms with Gasteiger partial charge in [0.15, 0.2) is 11.2 Å². The molecular weight excluding hydrogens is 451 g/mol. The predicted octanol–water partition coefficient (Wildman–Crippen LogP) is 6.51. The summed E-state index contributed by atoms with van der Waals surface area (Å²) in [4.78, 5) is 17.5. The van der Waals surface area contributed by atoms with E-state index in [0.29, 0.717) is 17.6 Å². The van der Waals surface area contributed by atoms with E-state index in [1.165, 1.54) is 19.3 Å². The minimum absolute atomic E-state index is 0.0109. The van der Waals surface area contributed by atoms with E-state index in [1.54, 1.807) is 0 Å². The predicted molar refractivity (Wildman–Crippen MR) is 130 cm³/mol. The summed E-state index contributed by atoms with van der Waals surface area (Å²) in [5.74, 6) is -0.813. The van der Waals surface area contributed by atoms with Crippen LogP contribution in [0.2, 0.25) is 0 Å². The molecule has 1 fully saturated rings. The highest BCUT2D eigenvalue weighted by Gasteiger charge is 2.42. The topological polar surface area (TPSA) is 64.9 Å². The van der Waals surface area contributed by atoms with Crippen molar-refractivity contribution >= 4 is 34.3 Å². The van der Waals surface area contributed by atoms with Crippen LogP contribution in [-0.2, 0) is 4.79 Å². The number of aliphatic carboxylic acids is 1. The molecule has 1 aromatic carbocycles. The Labute approximate surface area is 198 Å². The minimum Gasteiger partial charge on any atom is -0.481 e. The average Bonchev–Trinajstić information content (AvgIpc) is 3.21. The summed E-state index contributed by atoms with van der Waals surface area (Å²) < 4.78 is 39.4. The molecule has 0 spiro atoms. The SMILES string of the molecule is CC(C)CN(c1ccc(C(C)CC(=O)O)cc1NC1=N[C@H](C(F)(F)F)CS1)C1CCCCC1. The van der Waals surface area contributed by atoms with E-state index in [9.17, 15) is 23.1 Å². The quantitative estimate of drug-likeness (QED) is 0.440. The highest BCUT2D eigenvalue weighted by atomic mass is 32.2. The van der Waals surface area contributed by atoms with Gasteiger partial charge >= 0.3 is 12.1 Å². The molecule has 1 unspecified atom stereocenters. The Balaban J connectivity index is 1.97. The Morgan fingerprint density at radius 3 is 2.52 bits per heavy atom. The van der Waals surface area contributed by atoms with Gasteiger partial charge in [-0.15, -0.1) is 0 Å². The lowest BCUT2D eigenvalue weighted by Gasteiger charge is -2.38. The molecule has 2 N–H and O–H groups in total. The second kappa shape index (κ2) is 11.0. The molecule has 9 heteroatoms. The minimum atomic E-state index is -4.36. The van der Waals surface area contributed by atoms with Gasteiger partial charge in [0, 0.05) is 18.3 Å². The summed E-state index contributed by atoms with van der Waals surface area (Å²) in [6.07, 6.45) is 1.39. The molecule has 0 amide bonds. The number of hydrogen-bond donors (Lipinski definition) is 2. The molecule has 5 nitrogen and oxygen atoms in total. The first kappa shape index (κ1) is 25.7. The lowest BCUT2D eigenvalue weighted by atomic mass is 9.92. The molecule has 33 heavy (non-hydrogen) atoms. The van der Waals surface area contributed by atoms with Crippen molar-refractivity contribution in [2.24, 2.45) is 10.9 Å². The number of benzene rings is 1. The summed E-state index contributed by atoms with van der Waals surface area (Å²) in [5, 5.41) is 12.6. The van der Waals surface area contributed by atoms with E-state index in [2.05, 4.69) is 29.1 Å². The average molecular weight is 486 g/mol. The maximum absolute atomic E-state index is 13.1. The number of amidine groups is 1. The van der Waals surface area contributed by atoms with E-state index in [0.717, 1.165) is 42.4 Å². The normalized spacial score (nSPS) is 20.6.